The summed E-state index contributed by atoms with van der Waals surface area (Å²) in [6.45, 7) is -0.221. The number of aliphatic carboxylic acids is 1. The zero-order valence-corrected chi connectivity index (χ0v) is 16.0. The van der Waals surface area contributed by atoms with Crippen LogP contribution in [0.5, 0.6) is 5.75 Å². The van der Waals surface area contributed by atoms with Crippen molar-refractivity contribution in [2.24, 2.45) is 10.2 Å². The zero-order chi connectivity index (χ0) is 21.7. The van der Waals surface area contributed by atoms with Gasteiger partial charge in [0.1, 0.15) is 23.5 Å². The fourth-order valence-corrected chi connectivity index (χ4v) is 3.38. The van der Waals surface area contributed by atoms with Crippen LogP contribution in [-0.2, 0) is 16.2 Å². The average Bonchev–Trinajstić information content (AvgIpc) is 2.99. The summed E-state index contributed by atoms with van der Waals surface area (Å²) in [5, 5.41) is 18.0. The van der Waals surface area contributed by atoms with Crippen molar-refractivity contribution in [3.05, 3.63) is 65.0 Å². The molecule has 2 N–H and O–H groups in total. The monoisotopic (exact) mass is 437 g/mol. The highest BCUT2D eigenvalue weighted by Gasteiger charge is 2.32. The van der Waals surface area contributed by atoms with Gasteiger partial charge < -0.3 is 15.2 Å². The van der Waals surface area contributed by atoms with Crippen molar-refractivity contribution < 1.29 is 32.6 Å². The SMILES string of the molecule is O=C(O)CC1SC(=NN=Cc2ccc(OCc3cc(F)cc(F)c3)c(F)c2)NC1=O. The van der Waals surface area contributed by atoms with Crippen LogP contribution in [0.2, 0.25) is 0 Å². The number of hydrogen-bond donors (Lipinski definition) is 2. The molecular weight excluding hydrogens is 423 g/mol. The molecule has 1 amide bonds. The largest absolute Gasteiger partial charge is 0.486 e. The van der Waals surface area contributed by atoms with Crippen molar-refractivity contribution in [3.63, 3.8) is 0 Å². The first kappa shape index (κ1) is 21.4. The molecule has 1 aliphatic rings. The third kappa shape index (κ3) is 5.83. The zero-order valence-electron chi connectivity index (χ0n) is 15.1. The quantitative estimate of drug-likeness (QED) is 0.512. The van der Waals surface area contributed by atoms with Gasteiger partial charge in [0, 0.05) is 6.07 Å². The molecule has 0 aliphatic carbocycles. The molecule has 1 atom stereocenters. The molecule has 0 spiro atoms. The number of nitrogens with zero attached hydrogens (tertiary/aromatic N) is 2. The highest BCUT2D eigenvalue weighted by Crippen LogP contribution is 2.23. The van der Waals surface area contributed by atoms with Crippen LogP contribution in [-0.4, -0.2) is 33.6 Å². The molecule has 30 heavy (non-hydrogen) atoms. The van der Waals surface area contributed by atoms with Gasteiger partial charge in [0.15, 0.2) is 16.7 Å². The molecule has 0 saturated carbocycles. The van der Waals surface area contributed by atoms with Crippen molar-refractivity contribution in [1.29, 1.82) is 0 Å². The van der Waals surface area contributed by atoms with Gasteiger partial charge in [0.25, 0.3) is 0 Å². The number of amidine groups is 1. The minimum Gasteiger partial charge on any atom is -0.486 e. The second kappa shape index (κ2) is 9.44. The first-order valence-corrected chi connectivity index (χ1v) is 9.36. The van der Waals surface area contributed by atoms with Gasteiger partial charge in [-0.1, -0.05) is 11.8 Å². The molecule has 0 aromatic heterocycles. The maximum atomic E-state index is 14.2. The molecule has 1 aliphatic heterocycles. The molecular formula is C19H14F3N3O4S. The van der Waals surface area contributed by atoms with E-state index in [0.29, 0.717) is 5.56 Å². The van der Waals surface area contributed by atoms with Crippen LogP contribution in [0, 0.1) is 17.5 Å². The van der Waals surface area contributed by atoms with Crippen LogP contribution in [0.25, 0.3) is 0 Å². The Morgan fingerprint density at radius 1 is 1.20 bits per heavy atom. The minimum atomic E-state index is -1.10. The van der Waals surface area contributed by atoms with Gasteiger partial charge in [0.05, 0.1) is 12.6 Å². The Kier molecular flexibility index (Phi) is 6.72. The number of hydrogen-bond acceptors (Lipinski definition) is 6. The predicted molar refractivity (Wildman–Crippen MR) is 104 cm³/mol. The Labute approximate surface area is 172 Å². The van der Waals surface area contributed by atoms with Gasteiger partial charge in [-0.25, -0.2) is 13.2 Å². The van der Waals surface area contributed by atoms with Crippen LogP contribution in [0.1, 0.15) is 17.5 Å². The summed E-state index contributed by atoms with van der Waals surface area (Å²) >= 11 is 0.942. The van der Waals surface area contributed by atoms with Crippen LogP contribution in [0.15, 0.2) is 46.6 Å². The van der Waals surface area contributed by atoms with Crippen molar-refractivity contribution in [2.45, 2.75) is 18.3 Å². The van der Waals surface area contributed by atoms with Crippen molar-refractivity contribution in [2.75, 3.05) is 0 Å². The maximum absolute atomic E-state index is 14.2. The van der Waals surface area contributed by atoms with Gasteiger partial charge in [-0.3, -0.25) is 9.59 Å². The molecule has 0 bridgehead atoms. The molecule has 2 aromatic carbocycles. The molecule has 7 nitrogen and oxygen atoms in total. The fraction of sp³-hybridized carbons (Fsp3) is 0.158. The third-order valence-corrected chi connectivity index (χ3v) is 4.84. The molecule has 1 heterocycles. The summed E-state index contributed by atoms with van der Waals surface area (Å²) in [6.07, 6.45) is 0.896. The first-order chi connectivity index (χ1) is 14.3. The normalized spacial score (nSPS) is 17.5. The number of rotatable bonds is 7. The Morgan fingerprint density at radius 3 is 2.60 bits per heavy atom. The lowest BCUT2D eigenvalue weighted by molar-refractivity contribution is -0.138. The van der Waals surface area contributed by atoms with Crippen molar-refractivity contribution in [1.82, 2.24) is 5.32 Å². The highest BCUT2D eigenvalue weighted by atomic mass is 32.2. The average molecular weight is 437 g/mol. The lowest BCUT2D eigenvalue weighted by atomic mass is 10.2. The smallest absolute Gasteiger partial charge is 0.305 e. The van der Waals surface area contributed by atoms with Gasteiger partial charge in [-0.2, -0.15) is 5.10 Å². The second-order valence-electron chi connectivity index (χ2n) is 6.10. The van der Waals surface area contributed by atoms with Crippen LogP contribution in [0.4, 0.5) is 13.2 Å². The molecule has 1 saturated heterocycles. The van der Waals surface area contributed by atoms with Crippen molar-refractivity contribution >= 4 is 35.0 Å². The number of nitrogens with one attached hydrogen (secondary N) is 1. The molecule has 2 aromatic rings. The Hall–Kier alpha value is -3.34. The summed E-state index contributed by atoms with van der Waals surface area (Å²) < 4.78 is 45.8. The summed E-state index contributed by atoms with van der Waals surface area (Å²) in [5.74, 6) is -3.91. The lowest BCUT2D eigenvalue weighted by Gasteiger charge is -2.08. The number of carboxylic acid groups (broad SMARTS) is 1. The predicted octanol–water partition coefficient (Wildman–Crippen LogP) is 3.08. The molecule has 156 valence electrons. The topological polar surface area (TPSA) is 100 Å². The standard InChI is InChI=1S/C19H14F3N3O4S/c20-12-3-11(4-13(21)6-12)9-29-15-2-1-10(5-14(15)22)8-23-25-19-24-18(28)16(30-19)7-17(26)27/h1-6,8,16H,7,9H2,(H,26,27)(H,24,25,28). The van der Waals surface area contributed by atoms with Gasteiger partial charge in [0.2, 0.25) is 5.91 Å². The fourth-order valence-electron chi connectivity index (χ4n) is 2.46. The highest BCUT2D eigenvalue weighted by molar-refractivity contribution is 8.15. The van der Waals surface area contributed by atoms with Crippen LogP contribution >= 0.6 is 11.8 Å². The van der Waals surface area contributed by atoms with E-state index in [0.717, 1.165) is 36.0 Å². The van der Waals surface area contributed by atoms with Gasteiger partial charge >= 0.3 is 5.97 Å². The number of carbonyl (C=O) groups excluding carboxylic acids is 1. The number of halogens is 3. The van der Waals surface area contributed by atoms with Crippen LogP contribution in [0.3, 0.4) is 0 Å². The van der Waals surface area contributed by atoms with E-state index in [4.69, 9.17) is 9.84 Å². The van der Waals surface area contributed by atoms with E-state index >= 15 is 0 Å². The molecule has 11 heteroatoms. The summed E-state index contributed by atoms with van der Waals surface area (Å²) in [7, 11) is 0. The first-order valence-electron chi connectivity index (χ1n) is 8.48. The van der Waals surface area contributed by atoms with E-state index in [1.165, 1.54) is 18.3 Å². The molecule has 1 unspecified atom stereocenters. The maximum Gasteiger partial charge on any atom is 0.305 e. The number of ether oxygens (including phenoxy) is 1. The molecule has 0 radical (unpaired) electrons. The minimum absolute atomic E-state index is 0.113. The van der Waals surface area contributed by atoms with Gasteiger partial charge in [-0.15, -0.1) is 5.10 Å². The lowest BCUT2D eigenvalue weighted by Crippen LogP contribution is -2.26. The molecule has 1 fully saturated rings. The van der Waals surface area contributed by atoms with E-state index in [-0.39, 0.29) is 29.5 Å². The number of amides is 1. The number of thioether (sulfide) groups is 1. The molecule has 3 rings (SSSR count). The van der Waals surface area contributed by atoms with Crippen molar-refractivity contribution in [3.8, 4) is 5.75 Å². The van der Waals surface area contributed by atoms with Crippen LogP contribution < -0.4 is 10.1 Å². The second-order valence-corrected chi connectivity index (χ2v) is 7.29. The Balaban J connectivity index is 1.60. The Bertz CT molecular complexity index is 1030. The van der Waals surface area contributed by atoms with E-state index in [2.05, 4.69) is 15.5 Å². The van der Waals surface area contributed by atoms with Gasteiger partial charge in [-0.05, 0) is 41.5 Å². The summed E-state index contributed by atoms with van der Waals surface area (Å²) in [4.78, 5) is 22.3. The van der Waals surface area contributed by atoms with E-state index in [1.54, 1.807) is 0 Å². The number of carboxylic acids is 1. The van der Waals surface area contributed by atoms with E-state index < -0.39 is 34.6 Å². The Morgan fingerprint density at radius 2 is 1.93 bits per heavy atom. The number of benzene rings is 2. The van der Waals surface area contributed by atoms with E-state index in [9.17, 15) is 22.8 Å². The summed E-state index contributed by atoms with van der Waals surface area (Å²) in [6, 6.07) is 6.84. The summed E-state index contributed by atoms with van der Waals surface area (Å²) in [5.41, 5.74) is 0.558. The number of carbonyl (C=O) groups is 2. The third-order valence-electron chi connectivity index (χ3n) is 3.76. The van der Waals surface area contributed by atoms with E-state index in [1.807, 2.05) is 0 Å².